The number of pyridine rings is 1. The molecule has 2 heterocycles. The minimum atomic E-state index is -3.03. The smallest absolute Gasteiger partial charge is 0.255 e. The molecule has 1 amide bonds. The Bertz CT molecular complexity index is 882. The van der Waals surface area contributed by atoms with E-state index in [1.54, 1.807) is 17.2 Å². The number of amides is 1. The number of benzene rings is 1. The molecule has 27 heavy (non-hydrogen) atoms. The lowest BCUT2D eigenvalue weighted by atomic mass is 10.1. The van der Waals surface area contributed by atoms with Gasteiger partial charge in [-0.2, -0.15) is 0 Å². The second kappa shape index (κ2) is 8.08. The lowest BCUT2D eigenvalue weighted by molar-refractivity contribution is 0.0708. The summed E-state index contributed by atoms with van der Waals surface area (Å²) in [4.78, 5) is 21.1. The van der Waals surface area contributed by atoms with Crippen LogP contribution in [0.3, 0.4) is 0 Å². The number of aromatic nitrogens is 1. The first-order chi connectivity index (χ1) is 12.9. The van der Waals surface area contributed by atoms with Crippen molar-refractivity contribution >= 4 is 27.2 Å². The van der Waals surface area contributed by atoms with E-state index in [0.29, 0.717) is 18.5 Å². The fourth-order valence-electron chi connectivity index (χ4n) is 3.51. The Morgan fingerprint density at radius 1 is 1.11 bits per heavy atom. The van der Waals surface area contributed by atoms with Crippen LogP contribution in [0.15, 0.2) is 48.7 Å². The summed E-state index contributed by atoms with van der Waals surface area (Å²) in [5.41, 5.74) is 1.52. The zero-order valence-electron chi connectivity index (χ0n) is 15.7. The van der Waals surface area contributed by atoms with Crippen molar-refractivity contribution < 1.29 is 13.2 Å². The van der Waals surface area contributed by atoms with Gasteiger partial charge in [-0.25, -0.2) is 13.4 Å². The van der Waals surface area contributed by atoms with E-state index in [0.717, 1.165) is 18.1 Å². The summed E-state index contributed by atoms with van der Waals surface area (Å²) in [7, 11) is -3.03. The standard InChI is InChI=1S/C20H25N3O3S/c1-3-22(17-8-6-5-7-9-17)19-11-10-16(14-21-19)20(24)23(4-2)18-12-13-27(25,26)15-18/h5-11,14,18H,3-4,12-13,15H2,1-2H3. The van der Waals surface area contributed by atoms with Gasteiger partial charge in [0.25, 0.3) is 5.91 Å². The highest BCUT2D eigenvalue weighted by Crippen LogP contribution is 2.24. The first-order valence-electron chi connectivity index (χ1n) is 9.25. The Labute approximate surface area is 160 Å². The molecule has 6 nitrogen and oxygen atoms in total. The van der Waals surface area contributed by atoms with Gasteiger partial charge in [0.2, 0.25) is 0 Å². The second-order valence-corrected chi connectivity index (χ2v) is 8.86. The van der Waals surface area contributed by atoms with Crippen LogP contribution in [0.25, 0.3) is 0 Å². The summed E-state index contributed by atoms with van der Waals surface area (Å²) >= 11 is 0. The maximum atomic E-state index is 12.9. The molecule has 0 saturated carbocycles. The van der Waals surface area contributed by atoms with Crippen molar-refractivity contribution in [1.82, 2.24) is 9.88 Å². The van der Waals surface area contributed by atoms with E-state index in [2.05, 4.69) is 9.88 Å². The van der Waals surface area contributed by atoms with Crippen molar-refractivity contribution in [3.63, 3.8) is 0 Å². The minimum Gasteiger partial charge on any atom is -0.335 e. The highest BCUT2D eigenvalue weighted by atomic mass is 32.2. The molecule has 7 heteroatoms. The molecule has 1 atom stereocenters. The van der Waals surface area contributed by atoms with Crippen LogP contribution in [-0.4, -0.2) is 54.8 Å². The number of anilines is 2. The number of rotatable bonds is 6. The van der Waals surface area contributed by atoms with Gasteiger partial charge in [-0.05, 0) is 44.5 Å². The van der Waals surface area contributed by atoms with E-state index in [-0.39, 0.29) is 23.5 Å². The molecule has 1 aliphatic rings. The second-order valence-electron chi connectivity index (χ2n) is 6.63. The molecule has 0 bridgehead atoms. The predicted octanol–water partition coefficient (Wildman–Crippen LogP) is 2.89. The van der Waals surface area contributed by atoms with Crippen molar-refractivity contribution in [3.8, 4) is 0 Å². The van der Waals surface area contributed by atoms with E-state index in [1.165, 1.54) is 0 Å². The molecule has 1 fully saturated rings. The molecule has 2 aromatic rings. The molecule has 1 aliphatic heterocycles. The van der Waals surface area contributed by atoms with Crippen molar-refractivity contribution in [2.45, 2.75) is 26.3 Å². The summed E-state index contributed by atoms with van der Waals surface area (Å²) in [5.74, 6) is 0.810. The summed E-state index contributed by atoms with van der Waals surface area (Å²) in [6.07, 6.45) is 2.08. The van der Waals surface area contributed by atoms with Gasteiger partial charge in [-0.3, -0.25) is 4.79 Å². The number of para-hydroxylation sites is 1. The fraction of sp³-hybridized carbons (Fsp3) is 0.400. The van der Waals surface area contributed by atoms with Crippen LogP contribution in [0.1, 0.15) is 30.6 Å². The molecule has 0 aliphatic carbocycles. The molecule has 1 unspecified atom stereocenters. The van der Waals surface area contributed by atoms with E-state index in [9.17, 15) is 13.2 Å². The Morgan fingerprint density at radius 2 is 1.85 bits per heavy atom. The maximum Gasteiger partial charge on any atom is 0.255 e. The summed E-state index contributed by atoms with van der Waals surface area (Å²) in [5, 5.41) is 0. The van der Waals surface area contributed by atoms with Crippen molar-refractivity contribution in [1.29, 1.82) is 0 Å². The Hall–Kier alpha value is -2.41. The Balaban J connectivity index is 1.78. The number of hydrogen-bond acceptors (Lipinski definition) is 5. The molecular formula is C20H25N3O3S. The lowest BCUT2D eigenvalue weighted by Gasteiger charge is -2.27. The average molecular weight is 388 g/mol. The van der Waals surface area contributed by atoms with Gasteiger partial charge in [0.1, 0.15) is 5.82 Å². The van der Waals surface area contributed by atoms with Gasteiger partial charge in [0, 0.05) is 31.0 Å². The van der Waals surface area contributed by atoms with Crippen LogP contribution in [0.5, 0.6) is 0 Å². The Kier molecular flexibility index (Phi) is 5.79. The van der Waals surface area contributed by atoms with Crippen LogP contribution in [0.4, 0.5) is 11.5 Å². The number of sulfone groups is 1. The SMILES string of the molecule is CCN(c1ccccc1)c1ccc(C(=O)N(CC)C2CCS(=O)(=O)C2)cn1. The van der Waals surface area contributed by atoms with Crippen LogP contribution in [-0.2, 0) is 9.84 Å². The quantitative estimate of drug-likeness (QED) is 0.762. The van der Waals surface area contributed by atoms with Crippen molar-refractivity contribution in [3.05, 3.63) is 54.2 Å². The minimum absolute atomic E-state index is 0.0513. The van der Waals surface area contributed by atoms with Crippen molar-refractivity contribution in [2.24, 2.45) is 0 Å². The van der Waals surface area contributed by atoms with Crippen LogP contribution in [0, 0.1) is 0 Å². The fourth-order valence-corrected chi connectivity index (χ4v) is 5.24. The first kappa shape index (κ1) is 19.4. The number of carbonyl (C=O) groups is 1. The molecule has 1 aromatic heterocycles. The van der Waals surface area contributed by atoms with Crippen molar-refractivity contribution in [2.75, 3.05) is 29.5 Å². The molecule has 3 rings (SSSR count). The molecule has 1 aromatic carbocycles. The topological polar surface area (TPSA) is 70.6 Å². The third-order valence-corrected chi connectivity index (χ3v) is 6.66. The van der Waals surface area contributed by atoms with Crippen LogP contribution in [0.2, 0.25) is 0 Å². The number of nitrogens with zero attached hydrogens (tertiary/aromatic N) is 3. The summed E-state index contributed by atoms with van der Waals surface area (Å²) in [6, 6.07) is 13.3. The first-order valence-corrected chi connectivity index (χ1v) is 11.1. The van der Waals surface area contributed by atoms with Gasteiger partial charge in [0.15, 0.2) is 9.84 Å². The lowest BCUT2D eigenvalue weighted by Crippen LogP contribution is -2.41. The zero-order chi connectivity index (χ0) is 19.4. The molecule has 0 radical (unpaired) electrons. The monoisotopic (exact) mass is 387 g/mol. The van der Waals surface area contributed by atoms with Gasteiger partial charge in [-0.15, -0.1) is 0 Å². The molecule has 144 valence electrons. The number of carbonyl (C=O) groups excluding carboxylic acids is 1. The number of hydrogen-bond donors (Lipinski definition) is 0. The van der Waals surface area contributed by atoms with Gasteiger partial charge >= 0.3 is 0 Å². The van der Waals surface area contributed by atoms with E-state index in [1.807, 2.05) is 50.2 Å². The third-order valence-electron chi connectivity index (χ3n) is 4.91. The highest BCUT2D eigenvalue weighted by molar-refractivity contribution is 7.91. The van der Waals surface area contributed by atoms with Gasteiger partial charge in [-0.1, -0.05) is 18.2 Å². The molecule has 0 N–H and O–H groups in total. The summed E-state index contributed by atoms with van der Waals surface area (Å²) in [6.45, 7) is 5.16. The van der Waals surface area contributed by atoms with Gasteiger partial charge < -0.3 is 9.80 Å². The predicted molar refractivity (Wildman–Crippen MR) is 107 cm³/mol. The van der Waals surface area contributed by atoms with Crippen LogP contribution >= 0.6 is 0 Å². The maximum absolute atomic E-state index is 12.9. The van der Waals surface area contributed by atoms with Crippen LogP contribution < -0.4 is 4.90 Å². The highest BCUT2D eigenvalue weighted by Gasteiger charge is 2.34. The third kappa shape index (κ3) is 4.30. The van der Waals surface area contributed by atoms with E-state index in [4.69, 9.17) is 0 Å². The Morgan fingerprint density at radius 3 is 2.37 bits per heavy atom. The normalized spacial score (nSPS) is 18.2. The van der Waals surface area contributed by atoms with E-state index >= 15 is 0 Å². The average Bonchev–Trinajstić information content (AvgIpc) is 3.04. The zero-order valence-corrected chi connectivity index (χ0v) is 16.5. The molecule has 0 spiro atoms. The largest absolute Gasteiger partial charge is 0.335 e. The molecular weight excluding hydrogens is 362 g/mol. The van der Waals surface area contributed by atoms with Gasteiger partial charge in [0.05, 0.1) is 17.1 Å². The molecule has 1 saturated heterocycles. The van der Waals surface area contributed by atoms with E-state index < -0.39 is 9.84 Å². The summed E-state index contributed by atoms with van der Waals surface area (Å²) < 4.78 is 23.5.